The van der Waals surface area contributed by atoms with Crippen LogP contribution in [-0.4, -0.2) is 19.0 Å². The summed E-state index contributed by atoms with van der Waals surface area (Å²) in [4.78, 5) is 12.1. The number of amides is 1. The molecule has 0 heterocycles. The molecule has 22 heavy (non-hydrogen) atoms. The molecule has 1 amide bonds. The van der Waals surface area contributed by atoms with E-state index < -0.39 is 0 Å². The molecule has 0 bridgehead atoms. The van der Waals surface area contributed by atoms with Crippen LogP contribution in [0.2, 0.25) is 0 Å². The SMILES string of the molecule is Cc1ccccc1C1(CNC(=O)C(C)CN)CCCCC1.Cl. The summed E-state index contributed by atoms with van der Waals surface area (Å²) in [5.74, 6) is -0.0291. The highest BCUT2D eigenvalue weighted by atomic mass is 35.5. The predicted octanol–water partition coefficient (Wildman–Crippen LogP) is 3.33. The Morgan fingerprint density at radius 1 is 1.27 bits per heavy atom. The van der Waals surface area contributed by atoms with Crippen LogP contribution < -0.4 is 11.1 Å². The first-order valence-electron chi connectivity index (χ1n) is 8.13. The smallest absolute Gasteiger partial charge is 0.224 e. The second-order valence-electron chi connectivity index (χ2n) is 6.51. The van der Waals surface area contributed by atoms with Gasteiger partial charge in [0.15, 0.2) is 0 Å². The van der Waals surface area contributed by atoms with Crippen molar-refractivity contribution in [1.29, 1.82) is 0 Å². The molecule has 4 heteroatoms. The molecule has 1 aliphatic rings. The van der Waals surface area contributed by atoms with Gasteiger partial charge in [0.1, 0.15) is 0 Å². The number of carbonyl (C=O) groups excluding carboxylic acids is 1. The highest BCUT2D eigenvalue weighted by Gasteiger charge is 2.35. The Morgan fingerprint density at radius 3 is 2.50 bits per heavy atom. The lowest BCUT2D eigenvalue weighted by molar-refractivity contribution is -0.124. The van der Waals surface area contributed by atoms with Gasteiger partial charge in [-0.2, -0.15) is 0 Å². The van der Waals surface area contributed by atoms with Crippen molar-refractivity contribution in [1.82, 2.24) is 5.32 Å². The lowest BCUT2D eigenvalue weighted by Gasteiger charge is -2.39. The van der Waals surface area contributed by atoms with Crippen LogP contribution >= 0.6 is 12.4 Å². The van der Waals surface area contributed by atoms with Crippen LogP contribution in [-0.2, 0) is 10.2 Å². The summed E-state index contributed by atoms with van der Waals surface area (Å²) in [5.41, 5.74) is 8.44. The van der Waals surface area contributed by atoms with Crippen molar-refractivity contribution in [3.8, 4) is 0 Å². The van der Waals surface area contributed by atoms with E-state index in [1.54, 1.807) is 0 Å². The van der Waals surface area contributed by atoms with Crippen LogP contribution in [0.4, 0.5) is 0 Å². The van der Waals surface area contributed by atoms with Gasteiger partial charge in [0.25, 0.3) is 0 Å². The van der Waals surface area contributed by atoms with E-state index in [0.29, 0.717) is 6.54 Å². The Bertz CT molecular complexity index is 484. The van der Waals surface area contributed by atoms with Crippen molar-refractivity contribution >= 4 is 18.3 Å². The predicted molar refractivity (Wildman–Crippen MR) is 94.4 cm³/mol. The van der Waals surface area contributed by atoms with Crippen molar-refractivity contribution in [3.05, 3.63) is 35.4 Å². The van der Waals surface area contributed by atoms with Crippen molar-refractivity contribution in [2.45, 2.75) is 51.4 Å². The number of nitrogens with two attached hydrogens (primary N) is 1. The molecule has 0 aliphatic heterocycles. The highest BCUT2D eigenvalue weighted by molar-refractivity contribution is 5.85. The quantitative estimate of drug-likeness (QED) is 0.873. The topological polar surface area (TPSA) is 55.1 Å². The van der Waals surface area contributed by atoms with Crippen LogP contribution in [0.5, 0.6) is 0 Å². The van der Waals surface area contributed by atoms with Gasteiger partial charge in [0.05, 0.1) is 0 Å². The number of carbonyl (C=O) groups is 1. The van der Waals surface area contributed by atoms with Gasteiger partial charge in [-0.05, 0) is 30.9 Å². The Hall–Kier alpha value is -1.06. The Morgan fingerprint density at radius 2 is 1.91 bits per heavy atom. The first-order chi connectivity index (χ1) is 10.1. The van der Waals surface area contributed by atoms with Gasteiger partial charge in [-0.15, -0.1) is 12.4 Å². The molecular weight excluding hydrogens is 296 g/mol. The standard InChI is InChI=1S/C18H28N2O.ClH/c1-14-8-4-5-9-16(14)18(10-6-3-7-11-18)13-20-17(21)15(2)12-19;/h4-5,8-9,15H,3,6-7,10-13,19H2,1-2H3,(H,20,21);1H. The summed E-state index contributed by atoms with van der Waals surface area (Å²) in [7, 11) is 0. The minimum atomic E-state index is -0.109. The van der Waals surface area contributed by atoms with E-state index in [-0.39, 0.29) is 29.6 Å². The number of hydrogen-bond acceptors (Lipinski definition) is 2. The summed E-state index contributed by atoms with van der Waals surface area (Å²) in [6.07, 6.45) is 6.12. The maximum Gasteiger partial charge on any atom is 0.224 e. The third kappa shape index (κ3) is 4.23. The summed E-state index contributed by atoms with van der Waals surface area (Å²) >= 11 is 0. The highest BCUT2D eigenvalue weighted by Crippen LogP contribution is 2.40. The molecule has 3 nitrogen and oxygen atoms in total. The van der Waals surface area contributed by atoms with Crippen molar-refractivity contribution < 1.29 is 4.79 Å². The molecule has 0 aromatic heterocycles. The first-order valence-corrected chi connectivity index (χ1v) is 8.13. The van der Waals surface area contributed by atoms with Crippen LogP contribution in [0.15, 0.2) is 24.3 Å². The van der Waals surface area contributed by atoms with Gasteiger partial charge in [-0.3, -0.25) is 4.79 Å². The van der Waals surface area contributed by atoms with Gasteiger partial charge >= 0.3 is 0 Å². The zero-order valence-electron chi connectivity index (χ0n) is 13.7. The normalized spacial score (nSPS) is 18.1. The third-order valence-corrected chi connectivity index (χ3v) is 4.93. The van der Waals surface area contributed by atoms with Gasteiger partial charge in [0, 0.05) is 24.4 Å². The van der Waals surface area contributed by atoms with Crippen LogP contribution in [0, 0.1) is 12.8 Å². The Balaban J connectivity index is 0.00000242. The number of hydrogen-bond donors (Lipinski definition) is 2. The minimum absolute atomic E-state index is 0. The van der Waals surface area contributed by atoms with Crippen LogP contribution in [0.25, 0.3) is 0 Å². The molecule has 3 N–H and O–H groups in total. The molecule has 1 fully saturated rings. The number of benzene rings is 1. The largest absolute Gasteiger partial charge is 0.355 e. The van der Waals surface area contributed by atoms with Crippen LogP contribution in [0.3, 0.4) is 0 Å². The summed E-state index contributed by atoms with van der Waals surface area (Å²) in [6, 6.07) is 8.61. The molecule has 0 radical (unpaired) electrons. The zero-order chi connectivity index (χ0) is 15.3. The summed E-state index contributed by atoms with van der Waals surface area (Å²) < 4.78 is 0. The zero-order valence-corrected chi connectivity index (χ0v) is 14.5. The second-order valence-corrected chi connectivity index (χ2v) is 6.51. The van der Waals surface area contributed by atoms with E-state index in [2.05, 4.69) is 36.5 Å². The van der Waals surface area contributed by atoms with Crippen molar-refractivity contribution in [2.24, 2.45) is 11.7 Å². The molecule has 0 saturated heterocycles. The van der Waals surface area contributed by atoms with Gasteiger partial charge in [-0.1, -0.05) is 50.5 Å². The molecule has 1 unspecified atom stereocenters. The lowest BCUT2D eigenvalue weighted by Crippen LogP contribution is -2.45. The molecule has 1 saturated carbocycles. The first kappa shape index (κ1) is 19.0. The van der Waals surface area contributed by atoms with E-state index in [9.17, 15) is 4.79 Å². The summed E-state index contributed by atoms with van der Waals surface area (Å²) in [5, 5.41) is 3.15. The van der Waals surface area contributed by atoms with E-state index in [4.69, 9.17) is 5.73 Å². The molecular formula is C18H29ClN2O. The minimum Gasteiger partial charge on any atom is -0.355 e. The van der Waals surface area contributed by atoms with Gasteiger partial charge in [-0.25, -0.2) is 0 Å². The number of halogens is 1. The lowest BCUT2D eigenvalue weighted by atomic mass is 9.68. The third-order valence-electron chi connectivity index (χ3n) is 4.93. The van der Waals surface area contributed by atoms with E-state index in [1.807, 2.05) is 6.92 Å². The molecule has 2 rings (SSSR count). The average molecular weight is 325 g/mol. The Labute approximate surface area is 140 Å². The maximum atomic E-state index is 12.1. The molecule has 1 aromatic carbocycles. The monoisotopic (exact) mass is 324 g/mol. The fourth-order valence-corrected chi connectivity index (χ4v) is 3.48. The van der Waals surface area contributed by atoms with E-state index in [0.717, 1.165) is 19.4 Å². The summed E-state index contributed by atoms with van der Waals surface area (Å²) in [6.45, 7) is 5.21. The fraction of sp³-hybridized carbons (Fsp3) is 0.611. The van der Waals surface area contributed by atoms with Gasteiger partial charge < -0.3 is 11.1 Å². The fourth-order valence-electron chi connectivity index (χ4n) is 3.48. The number of aryl methyl sites for hydroxylation is 1. The van der Waals surface area contributed by atoms with Gasteiger partial charge in [0.2, 0.25) is 5.91 Å². The van der Waals surface area contributed by atoms with Crippen LogP contribution in [0.1, 0.15) is 50.2 Å². The Kier molecular flexibility index (Phi) is 7.37. The van der Waals surface area contributed by atoms with Crippen molar-refractivity contribution in [2.75, 3.05) is 13.1 Å². The molecule has 124 valence electrons. The average Bonchev–Trinajstić information content (AvgIpc) is 2.53. The van der Waals surface area contributed by atoms with E-state index in [1.165, 1.54) is 30.4 Å². The molecule has 1 atom stereocenters. The number of rotatable bonds is 5. The number of nitrogens with one attached hydrogen (secondary N) is 1. The van der Waals surface area contributed by atoms with E-state index >= 15 is 0 Å². The second kappa shape index (κ2) is 8.54. The maximum absolute atomic E-state index is 12.1. The van der Waals surface area contributed by atoms with Crippen molar-refractivity contribution in [3.63, 3.8) is 0 Å². The molecule has 1 aliphatic carbocycles. The molecule has 0 spiro atoms. The molecule has 1 aromatic rings.